The summed E-state index contributed by atoms with van der Waals surface area (Å²) in [4.78, 5) is 53.2. The summed E-state index contributed by atoms with van der Waals surface area (Å²) in [6.07, 6.45) is 4.48. The van der Waals surface area contributed by atoms with Crippen LogP contribution in [0.4, 0.5) is 5.69 Å². The van der Waals surface area contributed by atoms with Crippen LogP contribution in [0.3, 0.4) is 0 Å². The molecule has 3 aliphatic rings. The third kappa shape index (κ3) is 6.53. The number of piperidine rings is 3. The molecule has 3 aliphatic heterocycles. The number of carbonyl (C=O) groups is 3. The molecule has 3 fully saturated rings. The summed E-state index contributed by atoms with van der Waals surface area (Å²) in [6, 6.07) is 13.6. The molecule has 13 heteroatoms. The number of aromatic nitrogens is 2. The average Bonchev–Trinajstić information content (AvgIpc) is 3.28. The highest BCUT2D eigenvalue weighted by Crippen LogP contribution is 2.32. The maximum atomic E-state index is 13.8. The van der Waals surface area contributed by atoms with Gasteiger partial charge in [0.1, 0.15) is 6.04 Å². The standard InChI is InChI=1S/C33H42N6O6S/c1-33(2)16-5-6-17-37(33)46(44,45)22-23-8-7-9-24(20-23)34-30(41)21-36-18-14-25(15-19-36)38-26-10-3-4-11-27(26)39(32(38)43)28-12-13-29(40)35-31(28)42/h3-4,7-11,20,25,28H,5-6,12-19,21-22H2,1-2H3,(H,34,41)(H,35,40,42). The number of imide groups is 1. The second kappa shape index (κ2) is 12.8. The lowest BCUT2D eigenvalue weighted by atomic mass is 9.93. The summed E-state index contributed by atoms with van der Waals surface area (Å²) in [5.41, 5.74) is 1.92. The molecule has 1 unspecified atom stereocenters. The predicted molar refractivity (Wildman–Crippen MR) is 175 cm³/mol. The molecule has 0 aliphatic carbocycles. The van der Waals surface area contributed by atoms with E-state index in [0.717, 1.165) is 24.8 Å². The fourth-order valence-corrected chi connectivity index (χ4v) is 9.31. The highest BCUT2D eigenvalue weighted by atomic mass is 32.2. The molecule has 0 saturated carbocycles. The van der Waals surface area contributed by atoms with E-state index in [-0.39, 0.29) is 48.7 Å². The maximum absolute atomic E-state index is 13.8. The van der Waals surface area contributed by atoms with Crippen LogP contribution in [0.15, 0.2) is 53.3 Å². The molecule has 0 spiro atoms. The predicted octanol–water partition coefficient (Wildman–Crippen LogP) is 3.15. The van der Waals surface area contributed by atoms with Crippen molar-refractivity contribution in [1.82, 2.24) is 23.7 Å². The van der Waals surface area contributed by atoms with Crippen molar-refractivity contribution < 1.29 is 22.8 Å². The van der Waals surface area contributed by atoms with E-state index in [1.54, 1.807) is 33.1 Å². The van der Waals surface area contributed by atoms with Gasteiger partial charge in [0.05, 0.1) is 23.3 Å². The summed E-state index contributed by atoms with van der Waals surface area (Å²) in [7, 11) is -3.51. The molecule has 0 radical (unpaired) electrons. The van der Waals surface area contributed by atoms with Crippen LogP contribution in [0.25, 0.3) is 11.0 Å². The van der Waals surface area contributed by atoms with Gasteiger partial charge >= 0.3 is 5.69 Å². The number of nitrogens with zero attached hydrogens (tertiary/aromatic N) is 4. The van der Waals surface area contributed by atoms with Crippen LogP contribution in [-0.4, -0.2) is 76.2 Å². The van der Waals surface area contributed by atoms with E-state index in [4.69, 9.17) is 0 Å². The Morgan fingerprint density at radius 2 is 1.65 bits per heavy atom. The normalized spacial score (nSPS) is 21.7. The van der Waals surface area contributed by atoms with Crippen LogP contribution >= 0.6 is 0 Å². The lowest BCUT2D eigenvalue weighted by molar-refractivity contribution is -0.135. The topological polar surface area (TPSA) is 143 Å². The number of benzene rings is 2. The smallest absolute Gasteiger partial charge is 0.325 e. The number of anilines is 1. The van der Waals surface area contributed by atoms with E-state index in [9.17, 15) is 27.6 Å². The highest BCUT2D eigenvalue weighted by Gasteiger charge is 2.38. The first kappa shape index (κ1) is 32.1. The number of para-hydroxylation sites is 2. The number of amides is 3. The minimum Gasteiger partial charge on any atom is -0.325 e. The Morgan fingerprint density at radius 1 is 0.935 bits per heavy atom. The number of rotatable bonds is 8. The fraction of sp³-hybridized carbons (Fsp3) is 0.515. The summed E-state index contributed by atoms with van der Waals surface area (Å²) in [5, 5.41) is 5.28. The van der Waals surface area contributed by atoms with E-state index in [1.807, 2.05) is 43.0 Å². The van der Waals surface area contributed by atoms with Gasteiger partial charge in [0, 0.05) is 43.3 Å². The largest absolute Gasteiger partial charge is 0.330 e. The van der Waals surface area contributed by atoms with Crippen molar-refractivity contribution in [1.29, 1.82) is 0 Å². The highest BCUT2D eigenvalue weighted by molar-refractivity contribution is 7.88. The Labute approximate surface area is 268 Å². The van der Waals surface area contributed by atoms with E-state index in [0.29, 0.717) is 49.2 Å². The van der Waals surface area contributed by atoms with Gasteiger partial charge in [-0.25, -0.2) is 13.2 Å². The maximum Gasteiger partial charge on any atom is 0.330 e. The molecular formula is C33H42N6O6S. The molecule has 4 heterocycles. The van der Waals surface area contributed by atoms with Gasteiger partial charge in [-0.05, 0) is 75.8 Å². The summed E-state index contributed by atoms with van der Waals surface area (Å²) in [6.45, 7) is 5.85. The Kier molecular flexibility index (Phi) is 8.92. The Hall–Kier alpha value is -3.81. The SMILES string of the molecule is CC1(C)CCCCN1S(=O)(=O)Cc1cccc(NC(=O)CN2CCC(n3c(=O)n(C4CCC(=O)NC4=O)c4ccccc43)CC2)c1. The zero-order chi connectivity index (χ0) is 32.6. The average molecular weight is 651 g/mol. The number of nitrogens with one attached hydrogen (secondary N) is 2. The van der Waals surface area contributed by atoms with E-state index >= 15 is 0 Å². The number of imidazole rings is 1. The van der Waals surface area contributed by atoms with Crippen LogP contribution in [-0.2, 0) is 30.2 Å². The van der Waals surface area contributed by atoms with E-state index in [1.165, 1.54) is 4.57 Å². The van der Waals surface area contributed by atoms with Crippen molar-refractivity contribution in [3.63, 3.8) is 0 Å². The molecular weight excluding hydrogens is 608 g/mol. The number of hydrogen-bond donors (Lipinski definition) is 2. The number of likely N-dealkylation sites (tertiary alicyclic amines) is 1. The first-order chi connectivity index (χ1) is 21.9. The molecule has 2 aromatic carbocycles. The summed E-state index contributed by atoms with van der Waals surface area (Å²) >= 11 is 0. The third-order valence-electron chi connectivity index (χ3n) is 9.59. The molecule has 2 N–H and O–H groups in total. The Morgan fingerprint density at radius 3 is 2.35 bits per heavy atom. The monoisotopic (exact) mass is 650 g/mol. The van der Waals surface area contributed by atoms with Crippen molar-refractivity contribution in [3.05, 3.63) is 64.6 Å². The van der Waals surface area contributed by atoms with Crippen LogP contribution in [0, 0.1) is 0 Å². The Balaban J connectivity index is 1.08. The van der Waals surface area contributed by atoms with E-state index < -0.39 is 27.5 Å². The Bertz CT molecular complexity index is 1820. The first-order valence-corrected chi connectivity index (χ1v) is 17.7. The van der Waals surface area contributed by atoms with Crippen LogP contribution < -0.4 is 16.3 Å². The van der Waals surface area contributed by atoms with Gasteiger partial charge < -0.3 is 5.32 Å². The van der Waals surface area contributed by atoms with Gasteiger partial charge in [-0.2, -0.15) is 4.31 Å². The van der Waals surface area contributed by atoms with Crippen molar-refractivity contribution in [2.75, 3.05) is 31.5 Å². The second-order valence-corrected chi connectivity index (χ2v) is 15.2. The van der Waals surface area contributed by atoms with Gasteiger partial charge in [0.25, 0.3) is 0 Å². The lowest BCUT2D eigenvalue weighted by Crippen LogP contribution is -2.50. The zero-order valence-corrected chi connectivity index (χ0v) is 27.2. The van der Waals surface area contributed by atoms with Crippen molar-refractivity contribution >= 4 is 44.5 Å². The molecule has 0 bridgehead atoms. The van der Waals surface area contributed by atoms with Crippen molar-refractivity contribution in [3.8, 4) is 0 Å². The number of carbonyl (C=O) groups excluding carboxylic acids is 3. The molecule has 1 atom stereocenters. The first-order valence-electron chi connectivity index (χ1n) is 16.1. The van der Waals surface area contributed by atoms with Gasteiger partial charge in [0.15, 0.2) is 0 Å². The van der Waals surface area contributed by atoms with E-state index in [2.05, 4.69) is 10.6 Å². The van der Waals surface area contributed by atoms with Gasteiger partial charge in [0.2, 0.25) is 27.7 Å². The minimum absolute atomic E-state index is 0.102. The molecule has 246 valence electrons. The molecule has 46 heavy (non-hydrogen) atoms. The molecule has 3 aromatic rings. The third-order valence-corrected chi connectivity index (χ3v) is 11.6. The molecule has 6 rings (SSSR count). The molecule has 3 saturated heterocycles. The summed E-state index contributed by atoms with van der Waals surface area (Å²) < 4.78 is 31.5. The molecule has 3 amide bonds. The molecule has 12 nitrogen and oxygen atoms in total. The number of hydrogen-bond acceptors (Lipinski definition) is 7. The number of sulfonamides is 1. The van der Waals surface area contributed by atoms with Crippen LogP contribution in [0.5, 0.6) is 0 Å². The second-order valence-electron chi connectivity index (χ2n) is 13.3. The zero-order valence-electron chi connectivity index (χ0n) is 26.4. The van der Waals surface area contributed by atoms with Crippen molar-refractivity contribution in [2.24, 2.45) is 0 Å². The van der Waals surface area contributed by atoms with Gasteiger partial charge in [-0.15, -0.1) is 0 Å². The van der Waals surface area contributed by atoms with Crippen LogP contribution in [0.1, 0.15) is 76.4 Å². The quantitative estimate of drug-likeness (QED) is 0.357. The van der Waals surface area contributed by atoms with Gasteiger partial charge in [-0.3, -0.25) is 33.7 Å². The van der Waals surface area contributed by atoms with Crippen LogP contribution in [0.2, 0.25) is 0 Å². The summed E-state index contributed by atoms with van der Waals surface area (Å²) in [5.74, 6) is -1.10. The van der Waals surface area contributed by atoms with Crippen molar-refractivity contribution in [2.45, 2.75) is 82.2 Å². The fourth-order valence-electron chi connectivity index (χ4n) is 7.30. The minimum atomic E-state index is -3.51. The molecule has 1 aromatic heterocycles. The lowest BCUT2D eigenvalue weighted by Gasteiger charge is -2.41. The number of fused-ring (bicyclic) bond motifs is 1. The van der Waals surface area contributed by atoms with Gasteiger partial charge in [-0.1, -0.05) is 30.7 Å².